The van der Waals surface area contributed by atoms with Crippen LogP contribution >= 0.6 is 0 Å². The van der Waals surface area contributed by atoms with E-state index in [0.717, 1.165) is 55.6 Å². The van der Waals surface area contributed by atoms with Gasteiger partial charge in [0.1, 0.15) is 0 Å². The third-order valence-electron chi connectivity index (χ3n) is 7.00. The average molecular weight is 534 g/mol. The van der Waals surface area contributed by atoms with Gasteiger partial charge in [-0.05, 0) is 0 Å². The number of hydrogen-bond acceptors (Lipinski definition) is 3. The summed E-state index contributed by atoms with van der Waals surface area (Å²) in [6.07, 6.45) is 3.88. The molecule has 3 aromatic heterocycles. The Kier molecular flexibility index (Phi) is 5.17. The molecule has 6 aromatic rings. The van der Waals surface area contributed by atoms with Crippen molar-refractivity contribution < 1.29 is 4.42 Å². The van der Waals surface area contributed by atoms with Gasteiger partial charge in [0.05, 0.1) is 0 Å². The number of aromatic nitrogens is 3. The van der Waals surface area contributed by atoms with Gasteiger partial charge < -0.3 is 0 Å². The van der Waals surface area contributed by atoms with Crippen LogP contribution in [0, 0.1) is 0 Å². The molecule has 0 saturated heterocycles. The van der Waals surface area contributed by atoms with Crippen molar-refractivity contribution in [2.45, 2.75) is 43.5 Å². The van der Waals surface area contributed by atoms with Crippen molar-refractivity contribution in [3.05, 3.63) is 84.7 Å². The van der Waals surface area contributed by atoms with Crippen LogP contribution in [0.5, 0.6) is 0 Å². The summed E-state index contributed by atoms with van der Waals surface area (Å²) >= 11 is -1.99. The first-order chi connectivity index (χ1) is 17.1. The van der Waals surface area contributed by atoms with E-state index in [1.54, 1.807) is 0 Å². The van der Waals surface area contributed by atoms with E-state index in [4.69, 9.17) is 9.40 Å². The van der Waals surface area contributed by atoms with E-state index in [2.05, 4.69) is 108 Å². The van der Waals surface area contributed by atoms with Gasteiger partial charge in [0.15, 0.2) is 0 Å². The van der Waals surface area contributed by atoms with Gasteiger partial charge in [0, 0.05) is 0 Å². The molecule has 3 heterocycles. The van der Waals surface area contributed by atoms with Crippen LogP contribution in [0.2, 0.25) is 17.3 Å². The molecule has 6 rings (SSSR count). The average Bonchev–Trinajstić information content (AvgIpc) is 3.41. The van der Waals surface area contributed by atoms with E-state index >= 15 is 0 Å². The van der Waals surface area contributed by atoms with Gasteiger partial charge in [-0.2, -0.15) is 0 Å². The summed E-state index contributed by atoms with van der Waals surface area (Å²) in [6.45, 7) is 6.63. The standard InChI is InChI=1S/C31H31GeN3O/c1-31(2,3)25-18-33-19-26-28(25)34-30(35(26)21-11-8-7-9-12-21)24-14-10-13-23-22-16-15-20(32(4,5)6)17-27(22)36-29(23)24/h7-19H,1-6H3. The second-order valence-corrected chi connectivity index (χ2v) is 22.3. The second kappa shape index (κ2) is 8.07. The summed E-state index contributed by atoms with van der Waals surface area (Å²) in [4.78, 5) is 9.90. The maximum atomic E-state index is 6.62. The van der Waals surface area contributed by atoms with Crippen LogP contribution in [-0.4, -0.2) is 27.8 Å². The summed E-state index contributed by atoms with van der Waals surface area (Å²) in [7, 11) is 0. The molecular weight excluding hydrogens is 503 g/mol. The van der Waals surface area contributed by atoms with Crippen molar-refractivity contribution in [1.82, 2.24) is 14.5 Å². The zero-order chi connectivity index (χ0) is 25.2. The van der Waals surface area contributed by atoms with Crippen LogP contribution in [0.1, 0.15) is 26.3 Å². The molecule has 3 aromatic carbocycles. The van der Waals surface area contributed by atoms with Gasteiger partial charge in [-0.3, -0.25) is 0 Å². The number of imidazole rings is 1. The molecular formula is C31H31GeN3O. The van der Waals surface area contributed by atoms with Gasteiger partial charge in [-0.1, -0.05) is 0 Å². The van der Waals surface area contributed by atoms with Gasteiger partial charge in [-0.15, -0.1) is 0 Å². The minimum atomic E-state index is -1.99. The van der Waals surface area contributed by atoms with Crippen molar-refractivity contribution in [2.24, 2.45) is 0 Å². The summed E-state index contributed by atoms with van der Waals surface area (Å²) in [5.74, 6) is 8.11. The van der Waals surface area contributed by atoms with Crippen LogP contribution in [0.3, 0.4) is 0 Å². The zero-order valence-corrected chi connectivity index (χ0v) is 23.9. The maximum absolute atomic E-state index is 6.62. The minimum absolute atomic E-state index is 0.0837. The molecule has 4 nitrogen and oxygen atoms in total. The van der Waals surface area contributed by atoms with Crippen LogP contribution in [0.25, 0.3) is 50.0 Å². The molecule has 5 heteroatoms. The molecule has 0 fully saturated rings. The topological polar surface area (TPSA) is 43.9 Å². The van der Waals surface area contributed by atoms with E-state index in [9.17, 15) is 0 Å². The van der Waals surface area contributed by atoms with Crippen molar-refractivity contribution in [3.63, 3.8) is 0 Å². The molecule has 0 amide bonds. The van der Waals surface area contributed by atoms with Crippen LogP contribution in [0.15, 0.2) is 83.5 Å². The van der Waals surface area contributed by atoms with E-state index in [1.165, 1.54) is 4.40 Å². The number of pyridine rings is 1. The molecule has 0 unspecified atom stereocenters. The molecule has 36 heavy (non-hydrogen) atoms. The number of hydrogen-bond donors (Lipinski definition) is 0. The molecule has 0 atom stereocenters. The number of fused-ring (bicyclic) bond motifs is 4. The summed E-state index contributed by atoms with van der Waals surface area (Å²) in [5.41, 5.74) is 6.90. The number of para-hydroxylation sites is 2. The second-order valence-electron chi connectivity index (χ2n) is 11.7. The van der Waals surface area contributed by atoms with Crippen LogP contribution in [0.4, 0.5) is 0 Å². The Hall–Kier alpha value is -3.38. The molecule has 0 N–H and O–H groups in total. The molecule has 0 aliphatic rings. The Morgan fingerprint density at radius 1 is 0.833 bits per heavy atom. The van der Waals surface area contributed by atoms with E-state index in [-0.39, 0.29) is 5.41 Å². The summed E-state index contributed by atoms with van der Waals surface area (Å²) in [5, 5.41) is 2.28. The fourth-order valence-corrected chi connectivity index (χ4v) is 7.41. The molecule has 0 radical (unpaired) electrons. The number of benzene rings is 3. The number of furan rings is 1. The number of rotatable bonds is 3. The van der Waals surface area contributed by atoms with Gasteiger partial charge in [0.2, 0.25) is 0 Å². The normalized spacial score (nSPS) is 12.7. The van der Waals surface area contributed by atoms with Crippen LogP contribution in [-0.2, 0) is 5.41 Å². The van der Waals surface area contributed by atoms with E-state index in [1.807, 2.05) is 18.5 Å². The van der Waals surface area contributed by atoms with Gasteiger partial charge in [0.25, 0.3) is 0 Å². The predicted molar refractivity (Wildman–Crippen MR) is 153 cm³/mol. The van der Waals surface area contributed by atoms with Crippen molar-refractivity contribution in [1.29, 1.82) is 0 Å². The van der Waals surface area contributed by atoms with Crippen molar-refractivity contribution >= 4 is 50.6 Å². The van der Waals surface area contributed by atoms with Gasteiger partial charge >= 0.3 is 215 Å². The van der Waals surface area contributed by atoms with Crippen LogP contribution < -0.4 is 4.40 Å². The predicted octanol–water partition coefficient (Wildman–Crippen LogP) is 7.83. The quantitative estimate of drug-likeness (QED) is 0.218. The molecule has 0 saturated carbocycles. The first kappa shape index (κ1) is 23.0. The SMILES string of the molecule is CC(C)(C)c1cncc2c1nc(-c1cccc3c1oc1c[c]([Ge]([CH3])([CH3])[CH3])ccc13)n2-c1ccccc1. The first-order valence-corrected chi connectivity index (χ1v) is 19.9. The first-order valence-electron chi connectivity index (χ1n) is 12.5. The monoisotopic (exact) mass is 535 g/mol. The third kappa shape index (κ3) is 3.67. The summed E-state index contributed by atoms with van der Waals surface area (Å²) < 4.78 is 10.3. The number of nitrogens with zero attached hydrogens (tertiary/aromatic N) is 3. The molecule has 0 bridgehead atoms. The third-order valence-corrected chi connectivity index (χ3v) is 11.3. The Bertz CT molecular complexity index is 1750. The Morgan fingerprint density at radius 2 is 1.61 bits per heavy atom. The molecule has 0 spiro atoms. The molecule has 180 valence electrons. The van der Waals surface area contributed by atoms with Crippen molar-refractivity contribution in [2.75, 3.05) is 0 Å². The summed E-state index contributed by atoms with van der Waals surface area (Å²) in [6, 6.07) is 23.6. The fraction of sp³-hybridized carbons (Fsp3) is 0.226. The Labute approximate surface area is 214 Å². The van der Waals surface area contributed by atoms with Crippen molar-refractivity contribution in [3.8, 4) is 17.1 Å². The van der Waals surface area contributed by atoms with Gasteiger partial charge in [-0.25, -0.2) is 0 Å². The Balaban J connectivity index is 1.70. The molecule has 0 aliphatic heterocycles. The molecule has 0 aliphatic carbocycles. The Morgan fingerprint density at radius 3 is 2.33 bits per heavy atom. The fourth-order valence-electron chi connectivity index (χ4n) is 5.00. The zero-order valence-electron chi connectivity index (χ0n) is 21.8. The van der Waals surface area contributed by atoms with E-state index < -0.39 is 13.3 Å². The van der Waals surface area contributed by atoms with E-state index in [0.29, 0.717) is 0 Å².